The zero-order chi connectivity index (χ0) is 21.1. The number of hydrogen-bond acceptors (Lipinski definition) is 4. The molecule has 1 atom stereocenters. The topological polar surface area (TPSA) is 48.7 Å². The van der Waals surface area contributed by atoms with Gasteiger partial charge in [0.15, 0.2) is 10.4 Å². The second-order valence-electron chi connectivity index (χ2n) is 7.80. The largest absolute Gasteiger partial charge is 0.444 e. The number of furan rings is 1. The number of benzene rings is 2. The van der Waals surface area contributed by atoms with E-state index in [1.54, 1.807) is 12.1 Å². The number of nitrogens with zero attached hydrogens (tertiary/aromatic N) is 2. The molecule has 2 heterocycles. The number of anilines is 1. The lowest BCUT2D eigenvalue weighted by molar-refractivity contribution is 0.0899. The summed E-state index contributed by atoms with van der Waals surface area (Å²) in [6.07, 6.45) is 1.02. The fraction of sp³-hybridized carbons (Fsp3) is 0.292. The highest BCUT2D eigenvalue weighted by molar-refractivity contribution is 9.10. The summed E-state index contributed by atoms with van der Waals surface area (Å²) in [7, 11) is 4.07. The van der Waals surface area contributed by atoms with Crippen molar-refractivity contribution in [2.24, 2.45) is 0 Å². The molecule has 1 aromatic heterocycles. The van der Waals surface area contributed by atoms with Crippen molar-refractivity contribution in [1.29, 1.82) is 0 Å². The van der Waals surface area contributed by atoms with Gasteiger partial charge in [-0.3, -0.25) is 9.69 Å². The second kappa shape index (κ2) is 9.06. The molecule has 4 rings (SSSR count). The van der Waals surface area contributed by atoms with E-state index in [-0.39, 0.29) is 11.9 Å². The Kier molecular flexibility index (Phi) is 6.25. The van der Waals surface area contributed by atoms with Gasteiger partial charge in [-0.25, -0.2) is 0 Å². The fourth-order valence-corrected chi connectivity index (χ4v) is 4.26. The molecular formula is C24H26BrN3O2. The molecule has 0 saturated heterocycles. The van der Waals surface area contributed by atoms with E-state index in [4.69, 9.17) is 4.42 Å². The van der Waals surface area contributed by atoms with Crippen LogP contribution >= 0.6 is 15.9 Å². The molecule has 1 aliphatic heterocycles. The number of carbonyl (C=O) groups excluding carboxylic acids is 1. The average Bonchev–Trinajstić information content (AvgIpc) is 3.20. The third-order valence-electron chi connectivity index (χ3n) is 5.65. The van der Waals surface area contributed by atoms with Gasteiger partial charge in [0.2, 0.25) is 0 Å². The minimum atomic E-state index is -0.201. The van der Waals surface area contributed by atoms with E-state index in [0.717, 1.165) is 25.2 Å². The molecule has 0 bridgehead atoms. The van der Waals surface area contributed by atoms with E-state index in [9.17, 15) is 4.79 Å². The first kappa shape index (κ1) is 20.7. The molecule has 0 radical (unpaired) electrons. The molecule has 5 nitrogen and oxygen atoms in total. The molecule has 6 heteroatoms. The van der Waals surface area contributed by atoms with Gasteiger partial charge in [-0.15, -0.1) is 0 Å². The monoisotopic (exact) mass is 467 g/mol. The van der Waals surface area contributed by atoms with Crippen LogP contribution < -0.4 is 10.2 Å². The van der Waals surface area contributed by atoms with Crippen LogP contribution in [0, 0.1) is 0 Å². The first-order chi connectivity index (χ1) is 14.5. The minimum Gasteiger partial charge on any atom is -0.444 e. The van der Waals surface area contributed by atoms with Gasteiger partial charge in [0.25, 0.3) is 5.91 Å². The maximum atomic E-state index is 12.6. The van der Waals surface area contributed by atoms with Gasteiger partial charge in [0, 0.05) is 39.4 Å². The summed E-state index contributed by atoms with van der Waals surface area (Å²) in [5.74, 6) is 0.112. The number of carbonyl (C=O) groups is 1. The summed E-state index contributed by atoms with van der Waals surface area (Å²) in [6.45, 7) is 2.35. The molecule has 0 spiro atoms. The zero-order valence-electron chi connectivity index (χ0n) is 17.3. The maximum Gasteiger partial charge on any atom is 0.287 e. The second-order valence-corrected chi connectivity index (χ2v) is 8.59. The molecule has 0 unspecified atom stereocenters. The van der Waals surface area contributed by atoms with Crippen molar-refractivity contribution in [3.8, 4) is 0 Å². The summed E-state index contributed by atoms with van der Waals surface area (Å²) in [4.78, 5) is 17.1. The summed E-state index contributed by atoms with van der Waals surface area (Å²) in [6, 6.07) is 20.7. The SMILES string of the molecule is CN(C)c1ccc([C@H](CNC(=O)c2ccc(Br)o2)N2CCc3ccccc3C2)cc1. The summed E-state index contributed by atoms with van der Waals surface area (Å²) >= 11 is 3.25. The fourth-order valence-electron chi connectivity index (χ4n) is 3.95. The van der Waals surface area contributed by atoms with E-state index in [0.29, 0.717) is 17.0 Å². The Labute approximate surface area is 185 Å². The van der Waals surface area contributed by atoms with Crippen molar-refractivity contribution in [3.05, 3.63) is 87.8 Å². The van der Waals surface area contributed by atoms with E-state index in [1.165, 1.54) is 16.7 Å². The van der Waals surface area contributed by atoms with Gasteiger partial charge in [0.05, 0.1) is 6.04 Å². The molecule has 0 aliphatic carbocycles. The van der Waals surface area contributed by atoms with Crippen molar-refractivity contribution in [2.75, 3.05) is 32.1 Å². The molecular weight excluding hydrogens is 442 g/mol. The van der Waals surface area contributed by atoms with Crippen LogP contribution in [0.4, 0.5) is 5.69 Å². The molecule has 1 aliphatic rings. The first-order valence-corrected chi connectivity index (χ1v) is 10.9. The van der Waals surface area contributed by atoms with E-state index < -0.39 is 0 Å². The van der Waals surface area contributed by atoms with Crippen molar-refractivity contribution in [1.82, 2.24) is 10.2 Å². The highest BCUT2D eigenvalue weighted by atomic mass is 79.9. The van der Waals surface area contributed by atoms with Gasteiger partial charge in [-0.1, -0.05) is 36.4 Å². The number of rotatable bonds is 6. The Hall–Kier alpha value is -2.57. The van der Waals surface area contributed by atoms with Crippen LogP contribution in [0.5, 0.6) is 0 Å². The van der Waals surface area contributed by atoms with Crippen LogP contribution in [-0.4, -0.2) is 38.0 Å². The molecule has 156 valence electrons. The number of amides is 1. The lowest BCUT2D eigenvalue weighted by Gasteiger charge is -2.36. The van der Waals surface area contributed by atoms with E-state index in [1.807, 2.05) is 14.1 Å². The van der Waals surface area contributed by atoms with Crippen molar-refractivity contribution in [2.45, 2.75) is 19.0 Å². The summed E-state index contributed by atoms with van der Waals surface area (Å²) in [5, 5.41) is 3.06. The zero-order valence-corrected chi connectivity index (χ0v) is 18.9. The van der Waals surface area contributed by atoms with Crippen LogP contribution in [0.2, 0.25) is 0 Å². The Morgan fingerprint density at radius 3 is 2.50 bits per heavy atom. The first-order valence-electron chi connectivity index (χ1n) is 10.1. The Balaban J connectivity index is 1.55. The van der Waals surface area contributed by atoms with Crippen LogP contribution in [0.1, 0.15) is 33.3 Å². The molecule has 2 aromatic carbocycles. The normalized spacial score (nSPS) is 14.8. The number of fused-ring (bicyclic) bond motifs is 1. The maximum absolute atomic E-state index is 12.6. The number of nitrogens with one attached hydrogen (secondary N) is 1. The molecule has 3 aromatic rings. The third-order valence-corrected chi connectivity index (χ3v) is 6.07. The van der Waals surface area contributed by atoms with E-state index >= 15 is 0 Å². The highest BCUT2D eigenvalue weighted by Crippen LogP contribution is 2.29. The quantitative estimate of drug-likeness (QED) is 0.573. The molecule has 0 saturated carbocycles. The Morgan fingerprint density at radius 1 is 1.10 bits per heavy atom. The van der Waals surface area contributed by atoms with Crippen LogP contribution in [0.15, 0.2) is 69.8 Å². The lowest BCUT2D eigenvalue weighted by Crippen LogP contribution is -2.40. The Morgan fingerprint density at radius 2 is 1.83 bits per heavy atom. The molecule has 1 amide bonds. The van der Waals surface area contributed by atoms with Crippen LogP contribution in [0.25, 0.3) is 0 Å². The summed E-state index contributed by atoms with van der Waals surface area (Å²) in [5.41, 5.74) is 5.13. The van der Waals surface area contributed by atoms with Gasteiger partial charge in [-0.2, -0.15) is 0 Å². The van der Waals surface area contributed by atoms with E-state index in [2.05, 4.69) is 79.6 Å². The average molecular weight is 468 g/mol. The van der Waals surface area contributed by atoms with Crippen molar-refractivity contribution >= 4 is 27.5 Å². The van der Waals surface area contributed by atoms with Gasteiger partial charge >= 0.3 is 0 Å². The predicted molar refractivity (Wildman–Crippen MR) is 123 cm³/mol. The molecule has 30 heavy (non-hydrogen) atoms. The van der Waals surface area contributed by atoms with Gasteiger partial charge < -0.3 is 14.6 Å². The molecule has 1 N–H and O–H groups in total. The number of halogens is 1. The van der Waals surface area contributed by atoms with Gasteiger partial charge in [-0.05, 0) is 63.3 Å². The minimum absolute atomic E-state index is 0.0805. The summed E-state index contributed by atoms with van der Waals surface area (Å²) < 4.78 is 5.95. The standard InChI is InChI=1S/C24H26BrN3O2/c1-27(2)20-9-7-18(8-10-20)21(15-26-24(29)22-11-12-23(25)30-22)28-14-13-17-5-3-4-6-19(17)16-28/h3-12,21H,13-16H2,1-2H3,(H,26,29)/t21-/m0/s1. The van der Waals surface area contributed by atoms with Crippen molar-refractivity contribution in [3.63, 3.8) is 0 Å². The number of hydrogen-bond donors (Lipinski definition) is 1. The lowest BCUT2D eigenvalue weighted by atomic mass is 9.96. The predicted octanol–water partition coefficient (Wildman–Crippen LogP) is 4.64. The highest BCUT2D eigenvalue weighted by Gasteiger charge is 2.26. The molecule has 0 fully saturated rings. The van der Waals surface area contributed by atoms with Crippen LogP contribution in [-0.2, 0) is 13.0 Å². The van der Waals surface area contributed by atoms with Gasteiger partial charge in [0.1, 0.15) is 0 Å². The van der Waals surface area contributed by atoms with Crippen molar-refractivity contribution < 1.29 is 9.21 Å². The third kappa shape index (κ3) is 4.60. The van der Waals surface area contributed by atoms with Crippen LogP contribution in [0.3, 0.4) is 0 Å². The smallest absolute Gasteiger partial charge is 0.287 e. The Bertz CT molecular complexity index is 1010.